The highest BCUT2D eigenvalue weighted by Crippen LogP contribution is 2.43. The second kappa shape index (κ2) is 19.7. The molecule has 6 heterocycles. The Bertz CT molecular complexity index is 2780. The Hall–Kier alpha value is -5.04. The average molecular weight is 956 g/mol. The van der Waals surface area contributed by atoms with Crippen LogP contribution in [0.1, 0.15) is 57.2 Å². The molecule has 8 bridgehead atoms. The zero-order chi connectivity index (χ0) is 46.2. The molecule has 15 nitrogen and oxygen atoms in total. The molecule has 3 aromatic heterocycles. The number of aryl methyl sites for hydroxylation is 5. The highest BCUT2D eigenvalue weighted by molar-refractivity contribution is 7.98. The number of carbonyl (C=O) groups is 1. The number of aromatic nitrogens is 5. The normalized spacial score (nSPS) is 16.9. The van der Waals surface area contributed by atoms with Gasteiger partial charge in [-0.1, -0.05) is 17.7 Å². The first-order valence-corrected chi connectivity index (χ1v) is 24.9. The van der Waals surface area contributed by atoms with Gasteiger partial charge in [-0.25, -0.2) is 17.6 Å². The Kier molecular flexibility index (Phi) is 13.7. The van der Waals surface area contributed by atoms with Gasteiger partial charge in [0.15, 0.2) is 11.2 Å². The van der Waals surface area contributed by atoms with Crippen molar-refractivity contribution in [3.8, 4) is 22.6 Å². The predicted molar refractivity (Wildman–Crippen MR) is 263 cm³/mol. The number of esters is 1. The maximum atomic E-state index is 13.8. The van der Waals surface area contributed by atoms with Gasteiger partial charge in [-0.2, -0.15) is 10.2 Å². The van der Waals surface area contributed by atoms with Crippen molar-refractivity contribution in [3.63, 3.8) is 0 Å². The van der Waals surface area contributed by atoms with E-state index in [2.05, 4.69) is 52.5 Å². The number of benzene rings is 3. The number of rotatable bonds is 7. The summed E-state index contributed by atoms with van der Waals surface area (Å²) >= 11 is 8.02. The summed E-state index contributed by atoms with van der Waals surface area (Å²) < 4.78 is 40.8. The zero-order valence-corrected chi connectivity index (χ0v) is 41.2. The Morgan fingerprint density at radius 2 is 1.73 bits per heavy atom. The number of hydrogen-bond donors (Lipinski definition) is 1. The number of methoxy groups -OCH3 is 1. The van der Waals surface area contributed by atoms with Gasteiger partial charge in [-0.3, -0.25) is 14.3 Å². The van der Waals surface area contributed by atoms with Crippen molar-refractivity contribution < 1.29 is 23.2 Å². The molecule has 0 radical (unpaired) electrons. The van der Waals surface area contributed by atoms with Crippen LogP contribution in [0.15, 0.2) is 59.5 Å². The Morgan fingerprint density at radius 1 is 0.939 bits per heavy atom. The van der Waals surface area contributed by atoms with Gasteiger partial charge in [-0.15, -0.1) is 11.8 Å². The minimum atomic E-state index is -1.14. The van der Waals surface area contributed by atoms with Gasteiger partial charge in [0.05, 0.1) is 41.3 Å². The minimum absolute atomic E-state index is 0.174. The molecule has 66 heavy (non-hydrogen) atoms. The maximum absolute atomic E-state index is 13.8. The maximum Gasteiger partial charge on any atom is 0.354 e. The summed E-state index contributed by atoms with van der Waals surface area (Å²) in [5.41, 5.74) is 11.0. The number of anilines is 2. The molecule has 3 aromatic carbocycles. The molecule has 1 atom stereocenters. The van der Waals surface area contributed by atoms with Gasteiger partial charge in [0.25, 0.3) is 0 Å². The summed E-state index contributed by atoms with van der Waals surface area (Å²) in [5.74, 6) is 1.92. The average Bonchev–Trinajstić information content (AvgIpc) is 3.93. The lowest BCUT2D eigenvalue weighted by atomic mass is 9.97. The summed E-state index contributed by atoms with van der Waals surface area (Å²) in [5, 5.41) is 15.1. The predicted octanol–water partition coefficient (Wildman–Crippen LogP) is 7.20. The van der Waals surface area contributed by atoms with E-state index in [1.54, 1.807) is 16.1 Å². The van der Waals surface area contributed by atoms with Crippen molar-refractivity contribution in [1.82, 2.24) is 37.6 Å². The van der Waals surface area contributed by atoms with Gasteiger partial charge < -0.3 is 29.0 Å². The Labute approximate surface area is 398 Å². The molecule has 1 saturated heterocycles. The molecular formula is C48H59ClN10O5S2. The van der Waals surface area contributed by atoms with Gasteiger partial charge >= 0.3 is 5.97 Å². The van der Waals surface area contributed by atoms with Crippen LogP contribution in [0.4, 0.5) is 11.4 Å². The van der Waals surface area contributed by atoms with E-state index in [0.717, 1.165) is 111 Å². The smallest absolute Gasteiger partial charge is 0.354 e. The van der Waals surface area contributed by atoms with Gasteiger partial charge in [-0.05, 0) is 92.4 Å². The number of halogens is 1. The number of thioether (sulfide) groups is 1. The molecule has 1 N–H and O–H groups in total. The zero-order valence-electron chi connectivity index (χ0n) is 38.9. The molecule has 0 spiro atoms. The first kappa shape index (κ1) is 46.1. The largest absolute Gasteiger partial charge is 0.491 e. The van der Waals surface area contributed by atoms with Crippen molar-refractivity contribution in [2.75, 3.05) is 77.8 Å². The molecule has 9 rings (SSSR count). The first-order valence-electron chi connectivity index (χ1n) is 22.5. The summed E-state index contributed by atoms with van der Waals surface area (Å²) in [4.78, 5) is 19.5. The fourth-order valence-corrected chi connectivity index (χ4v) is 11.8. The summed E-state index contributed by atoms with van der Waals surface area (Å²) in [7, 11) is 13.1. The Morgan fingerprint density at radius 3 is 2.48 bits per heavy atom. The van der Waals surface area contributed by atoms with Crippen molar-refractivity contribution in [3.05, 3.63) is 99.2 Å². The lowest BCUT2D eigenvalue weighted by Gasteiger charge is -2.36. The molecule has 0 aliphatic carbocycles. The van der Waals surface area contributed by atoms with Crippen LogP contribution in [0.3, 0.4) is 0 Å². The van der Waals surface area contributed by atoms with E-state index in [1.807, 2.05) is 77.7 Å². The second-order valence-electron chi connectivity index (χ2n) is 17.5. The molecule has 6 aromatic rings. The number of nitrogens with one attached hydrogen (secondary N) is 1. The standard InChI is InChI=1S/C48H59ClN10O5S2/c1-53(2)66(61)59-21-19-58(20-22-59)33-12-14-35(15-13-33)64-29-40-44-41(57(6)52-40)28-54(3)27-32-25-34(56(5)51-32)30-65-36-24-31-10-8-18-50-45(31)42(26-36)63-23-9-11-37-38-16-17-39(49)43(44)46(38)55(4)47(37)48(60)62-7/h12-17,24-26,50H,8-11,18-23,27-30H2,1-7H3. The van der Waals surface area contributed by atoms with Gasteiger partial charge in [0.2, 0.25) is 0 Å². The summed E-state index contributed by atoms with van der Waals surface area (Å²) in [6.45, 7) is 5.66. The Balaban J connectivity index is 1.08. The van der Waals surface area contributed by atoms with Crippen LogP contribution in [0.25, 0.3) is 22.0 Å². The highest BCUT2D eigenvalue weighted by atomic mass is 35.5. The molecule has 350 valence electrons. The van der Waals surface area contributed by atoms with Crippen LogP contribution in [-0.4, -0.2) is 115 Å². The fourth-order valence-electron chi connectivity index (χ4n) is 9.57. The number of nitrogens with zero attached hydrogens (tertiary/aromatic N) is 9. The van der Waals surface area contributed by atoms with E-state index in [-0.39, 0.29) is 6.61 Å². The number of fused-ring (bicyclic) bond motifs is 8. The van der Waals surface area contributed by atoms with E-state index in [1.165, 1.54) is 12.7 Å². The number of ether oxygens (including phenoxy) is 3. The van der Waals surface area contributed by atoms with Crippen molar-refractivity contribution >= 4 is 62.8 Å². The van der Waals surface area contributed by atoms with Crippen LogP contribution >= 0.6 is 23.4 Å². The van der Waals surface area contributed by atoms with E-state index >= 15 is 0 Å². The van der Waals surface area contributed by atoms with Crippen LogP contribution in [0.5, 0.6) is 11.5 Å². The van der Waals surface area contributed by atoms with Crippen LogP contribution in [-0.2, 0) is 75.3 Å². The van der Waals surface area contributed by atoms with Crippen LogP contribution in [0.2, 0.25) is 5.02 Å². The van der Waals surface area contributed by atoms with Crippen LogP contribution in [0, 0.1) is 0 Å². The lowest BCUT2D eigenvalue weighted by Crippen LogP contribution is -2.49. The van der Waals surface area contributed by atoms with E-state index in [4.69, 9.17) is 36.0 Å². The van der Waals surface area contributed by atoms with Gasteiger partial charge in [0.1, 0.15) is 29.5 Å². The van der Waals surface area contributed by atoms with E-state index in [9.17, 15) is 9.00 Å². The molecular weight excluding hydrogens is 896 g/mol. The van der Waals surface area contributed by atoms with Gasteiger partial charge in [0, 0.05) is 120 Å². The van der Waals surface area contributed by atoms with Crippen molar-refractivity contribution in [1.29, 1.82) is 0 Å². The molecule has 3 aliphatic rings. The number of carbonyl (C=O) groups excluding carboxylic acids is 1. The second-order valence-corrected chi connectivity index (χ2v) is 20.6. The first-order chi connectivity index (χ1) is 31.9. The van der Waals surface area contributed by atoms with E-state index < -0.39 is 17.1 Å². The fraction of sp³-hybridized carbons (Fsp3) is 0.438. The molecule has 0 saturated carbocycles. The number of piperazine rings is 1. The molecule has 1 unspecified atom stereocenters. The third-order valence-corrected chi connectivity index (χ3v) is 15.6. The third-order valence-electron chi connectivity index (χ3n) is 12.8. The molecule has 0 amide bonds. The molecule has 3 aliphatic heterocycles. The molecule has 18 heteroatoms. The third kappa shape index (κ3) is 9.30. The monoisotopic (exact) mass is 954 g/mol. The SMILES string of the molecule is COC(=O)c1c2c3ccc(Cl)c(c3n1C)-c1c(COc3ccc(N4CCN(S(=O)N(C)C)CC4)cc3)nn(C)c1CN(C)Cc1cc(n(C)n1)CSc1cc3c(c(c1)OCCC2)NCCC3. The topological polar surface area (TPSA) is 127 Å². The number of hydrogen-bond acceptors (Lipinski definition) is 11. The van der Waals surface area contributed by atoms with E-state index in [0.29, 0.717) is 62.1 Å². The van der Waals surface area contributed by atoms with Crippen LogP contribution < -0.4 is 19.7 Å². The summed E-state index contributed by atoms with van der Waals surface area (Å²) in [6, 6.07) is 18.7. The quantitative estimate of drug-likeness (QED) is 0.163. The highest BCUT2D eigenvalue weighted by Gasteiger charge is 2.30. The van der Waals surface area contributed by atoms with Crippen molar-refractivity contribution in [2.45, 2.75) is 56.0 Å². The van der Waals surface area contributed by atoms with Crippen molar-refractivity contribution in [2.24, 2.45) is 21.1 Å². The minimum Gasteiger partial charge on any atom is -0.491 e. The lowest BCUT2D eigenvalue weighted by molar-refractivity contribution is 0.0589. The molecule has 1 fully saturated rings. The summed E-state index contributed by atoms with van der Waals surface area (Å²) in [6.07, 6.45) is 3.32.